The summed E-state index contributed by atoms with van der Waals surface area (Å²) in [7, 11) is 0. The zero-order valence-electron chi connectivity index (χ0n) is 8.36. The Labute approximate surface area is 83.4 Å². The second kappa shape index (κ2) is 3.54. The number of aromatic nitrogens is 2. The van der Waals surface area contributed by atoms with Crippen LogP contribution < -0.4 is 5.43 Å². The summed E-state index contributed by atoms with van der Waals surface area (Å²) in [6.45, 7) is 4.12. The molecule has 3 nitrogen and oxygen atoms in total. The van der Waals surface area contributed by atoms with Crippen molar-refractivity contribution in [3.63, 3.8) is 0 Å². The summed E-state index contributed by atoms with van der Waals surface area (Å²) < 4.78 is 2.02. The molecule has 2 aromatic heterocycles. The van der Waals surface area contributed by atoms with E-state index in [9.17, 15) is 0 Å². The molecule has 0 spiro atoms. The molecule has 0 radical (unpaired) electrons. The quantitative estimate of drug-likeness (QED) is 0.782. The smallest absolute Gasteiger partial charge is 0.144 e. The van der Waals surface area contributed by atoms with Gasteiger partial charge in [-0.25, -0.2) is 4.98 Å². The molecule has 0 atom stereocenters. The van der Waals surface area contributed by atoms with Gasteiger partial charge in [-0.3, -0.25) is 10.1 Å². The molecule has 2 aromatic rings. The van der Waals surface area contributed by atoms with Crippen molar-refractivity contribution in [1.82, 2.24) is 9.66 Å². The molecule has 14 heavy (non-hydrogen) atoms. The van der Waals surface area contributed by atoms with Crippen LogP contribution in [-0.4, -0.2) is 9.66 Å². The van der Waals surface area contributed by atoms with Crippen molar-refractivity contribution in [1.29, 1.82) is 0 Å². The highest BCUT2D eigenvalue weighted by molar-refractivity contribution is 5.35. The third-order valence-electron chi connectivity index (χ3n) is 2.16. The van der Waals surface area contributed by atoms with E-state index >= 15 is 0 Å². The fraction of sp³-hybridized carbons (Fsp3) is 0.182. The van der Waals surface area contributed by atoms with Gasteiger partial charge in [0.05, 0.1) is 0 Å². The Kier molecular flexibility index (Phi) is 2.23. The molecule has 0 aliphatic heterocycles. The molecule has 0 aliphatic carbocycles. The van der Waals surface area contributed by atoms with Gasteiger partial charge in [0.2, 0.25) is 0 Å². The van der Waals surface area contributed by atoms with Crippen molar-refractivity contribution >= 4 is 5.82 Å². The lowest BCUT2D eigenvalue weighted by atomic mass is 10.5. The van der Waals surface area contributed by atoms with E-state index in [1.807, 2.05) is 22.9 Å². The van der Waals surface area contributed by atoms with Crippen LogP contribution in [0.25, 0.3) is 0 Å². The molecule has 2 rings (SSSR count). The van der Waals surface area contributed by atoms with Gasteiger partial charge in [-0.1, -0.05) is 6.07 Å². The summed E-state index contributed by atoms with van der Waals surface area (Å²) in [5.74, 6) is 0.856. The lowest BCUT2D eigenvalue weighted by Crippen LogP contribution is -2.12. The summed E-state index contributed by atoms with van der Waals surface area (Å²) in [5.41, 5.74) is 5.57. The Bertz CT molecular complexity index is 398. The van der Waals surface area contributed by atoms with Crippen LogP contribution in [0.3, 0.4) is 0 Å². The SMILES string of the molecule is Cc1ccc(C)n1Nc1ccccn1. The largest absolute Gasteiger partial charge is 0.278 e. The average molecular weight is 187 g/mol. The summed E-state index contributed by atoms with van der Waals surface area (Å²) in [5, 5.41) is 0. The number of aryl methyl sites for hydroxylation is 2. The maximum Gasteiger partial charge on any atom is 0.144 e. The van der Waals surface area contributed by atoms with Crippen LogP contribution in [0.5, 0.6) is 0 Å². The predicted molar refractivity (Wildman–Crippen MR) is 57.2 cm³/mol. The molecule has 0 saturated carbocycles. The van der Waals surface area contributed by atoms with Gasteiger partial charge in [0.1, 0.15) is 5.82 Å². The Morgan fingerprint density at radius 1 is 1.07 bits per heavy atom. The molecule has 72 valence electrons. The Balaban J connectivity index is 2.27. The number of nitrogens with zero attached hydrogens (tertiary/aromatic N) is 2. The fourth-order valence-corrected chi connectivity index (χ4v) is 1.39. The summed E-state index contributed by atoms with van der Waals surface area (Å²) in [6, 6.07) is 9.96. The van der Waals surface area contributed by atoms with E-state index < -0.39 is 0 Å². The van der Waals surface area contributed by atoms with Crippen molar-refractivity contribution in [2.45, 2.75) is 13.8 Å². The van der Waals surface area contributed by atoms with Crippen molar-refractivity contribution in [3.05, 3.63) is 47.9 Å². The third-order valence-corrected chi connectivity index (χ3v) is 2.16. The van der Waals surface area contributed by atoms with Gasteiger partial charge < -0.3 is 0 Å². The lowest BCUT2D eigenvalue weighted by Gasteiger charge is -2.10. The average Bonchev–Trinajstić information content (AvgIpc) is 2.51. The lowest BCUT2D eigenvalue weighted by molar-refractivity contribution is 0.871. The Morgan fingerprint density at radius 3 is 2.36 bits per heavy atom. The minimum atomic E-state index is 0.856. The molecule has 3 heteroatoms. The van der Waals surface area contributed by atoms with Crippen molar-refractivity contribution in [2.24, 2.45) is 0 Å². The van der Waals surface area contributed by atoms with Crippen molar-refractivity contribution in [3.8, 4) is 0 Å². The van der Waals surface area contributed by atoms with Crippen molar-refractivity contribution in [2.75, 3.05) is 5.43 Å². The summed E-state index contributed by atoms with van der Waals surface area (Å²) >= 11 is 0. The molecule has 0 fully saturated rings. The fourth-order valence-electron chi connectivity index (χ4n) is 1.39. The number of pyridine rings is 1. The first-order valence-corrected chi connectivity index (χ1v) is 4.60. The highest BCUT2D eigenvalue weighted by atomic mass is 15.4. The summed E-state index contributed by atoms with van der Waals surface area (Å²) in [6.07, 6.45) is 1.77. The van der Waals surface area contributed by atoms with Crippen LogP contribution in [0.4, 0.5) is 5.82 Å². The number of rotatable bonds is 2. The van der Waals surface area contributed by atoms with E-state index in [4.69, 9.17) is 0 Å². The first kappa shape index (κ1) is 8.81. The van der Waals surface area contributed by atoms with E-state index in [0.29, 0.717) is 0 Å². The topological polar surface area (TPSA) is 29.9 Å². The standard InChI is InChI=1S/C11H13N3/c1-9-6-7-10(2)14(9)13-11-5-3-4-8-12-11/h3-8H,1-2H3,(H,12,13). The molecular weight excluding hydrogens is 174 g/mol. The van der Waals surface area contributed by atoms with Gasteiger partial charge in [-0.2, -0.15) is 0 Å². The first-order chi connectivity index (χ1) is 6.77. The van der Waals surface area contributed by atoms with Crippen LogP contribution in [0.1, 0.15) is 11.4 Å². The first-order valence-electron chi connectivity index (χ1n) is 4.60. The van der Waals surface area contributed by atoms with Crippen LogP contribution in [0.15, 0.2) is 36.5 Å². The zero-order valence-corrected chi connectivity index (χ0v) is 8.36. The van der Waals surface area contributed by atoms with Gasteiger partial charge in [0.25, 0.3) is 0 Å². The molecule has 0 bridgehead atoms. The molecule has 0 saturated heterocycles. The van der Waals surface area contributed by atoms with E-state index in [0.717, 1.165) is 5.82 Å². The summed E-state index contributed by atoms with van der Waals surface area (Å²) in [4.78, 5) is 4.20. The van der Waals surface area contributed by atoms with Gasteiger partial charge in [-0.05, 0) is 38.1 Å². The number of hydrogen-bond donors (Lipinski definition) is 1. The van der Waals surface area contributed by atoms with Gasteiger partial charge >= 0.3 is 0 Å². The molecule has 2 heterocycles. The molecule has 0 amide bonds. The van der Waals surface area contributed by atoms with Crippen molar-refractivity contribution < 1.29 is 0 Å². The maximum atomic E-state index is 4.20. The van der Waals surface area contributed by atoms with E-state index in [1.54, 1.807) is 6.20 Å². The van der Waals surface area contributed by atoms with Crippen LogP contribution in [0, 0.1) is 13.8 Å². The molecule has 0 unspecified atom stereocenters. The molecule has 0 aliphatic rings. The van der Waals surface area contributed by atoms with E-state index in [1.165, 1.54) is 11.4 Å². The van der Waals surface area contributed by atoms with Crippen LogP contribution >= 0.6 is 0 Å². The Hall–Kier alpha value is -1.77. The minimum Gasteiger partial charge on any atom is -0.278 e. The number of hydrogen-bond acceptors (Lipinski definition) is 2. The monoisotopic (exact) mass is 187 g/mol. The van der Waals surface area contributed by atoms with E-state index in [-0.39, 0.29) is 0 Å². The van der Waals surface area contributed by atoms with Gasteiger partial charge in [-0.15, -0.1) is 0 Å². The normalized spacial score (nSPS) is 10.1. The van der Waals surface area contributed by atoms with Crippen LogP contribution in [-0.2, 0) is 0 Å². The minimum absolute atomic E-state index is 0.856. The second-order valence-corrected chi connectivity index (χ2v) is 3.28. The highest BCUT2D eigenvalue weighted by Crippen LogP contribution is 2.08. The molecule has 1 N–H and O–H groups in total. The van der Waals surface area contributed by atoms with Crippen LogP contribution in [0.2, 0.25) is 0 Å². The van der Waals surface area contributed by atoms with E-state index in [2.05, 4.69) is 36.4 Å². The highest BCUT2D eigenvalue weighted by Gasteiger charge is 2.00. The number of anilines is 1. The number of nitrogens with one attached hydrogen (secondary N) is 1. The Morgan fingerprint density at radius 2 is 1.79 bits per heavy atom. The zero-order chi connectivity index (χ0) is 9.97. The third kappa shape index (κ3) is 1.62. The second-order valence-electron chi connectivity index (χ2n) is 3.28. The van der Waals surface area contributed by atoms with Gasteiger partial charge in [0, 0.05) is 17.6 Å². The molecular formula is C11H13N3. The predicted octanol–water partition coefficient (Wildman–Crippen LogP) is 2.38. The molecule has 0 aromatic carbocycles. The maximum absolute atomic E-state index is 4.20. The van der Waals surface area contributed by atoms with Gasteiger partial charge in [0.15, 0.2) is 0 Å².